The molecule has 8 nitrogen and oxygen atoms in total. The van der Waals surface area contributed by atoms with Crippen molar-refractivity contribution in [3.8, 4) is 5.75 Å². The Bertz CT molecular complexity index is 760. The largest absolute Gasteiger partial charge is 0.355 e. The van der Waals surface area contributed by atoms with Gasteiger partial charge in [-0.25, -0.2) is 4.79 Å². The van der Waals surface area contributed by atoms with Crippen molar-refractivity contribution in [2.24, 2.45) is 0 Å². The summed E-state index contributed by atoms with van der Waals surface area (Å²) in [5, 5.41) is 2.26. The quantitative estimate of drug-likeness (QED) is 0.468. The van der Waals surface area contributed by atoms with Crippen LogP contribution in [0.4, 0.5) is 0 Å². The molecule has 3 rings (SSSR count). The van der Waals surface area contributed by atoms with E-state index < -0.39 is 17.9 Å². The standard InChI is InChI=1S/C18H20N2O6/c1-2-3-4-16(22)26-25-12-5-6-13-11(9-12)10-20(18(13)24)14-7-8-15(21)19-17(14)23/h5-6,9,14H,2-4,7-8,10H2,1H3,(H,19,21,23). The summed E-state index contributed by atoms with van der Waals surface area (Å²) in [5.41, 5.74) is 1.15. The van der Waals surface area contributed by atoms with Gasteiger partial charge in [-0.3, -0.25) is 29.5 Å². The van der Waals surface area contributed by atoms with Crippen LogP contribution in [0.2, 0.25) is 0 Å². The first kappa shape index (κ1) is 17.9. The van der Waals surface area contributed by atoms with Gasteiger partial charge in [0, 0.05) is 18.5 Å². The predicted octanol–water partition coefficient (Wildman–Crippen LogP) is 1.47. The molecule has 1 aromatic carbocycles. The van der Waals surface area contributed by atoms with Gasteiger partial charge in [-0.15, -0.1) is 0 Å². The van der Waals surface area contributed by atoms with Crippen molar-refractivity contribution in [2.75, 3.05) is 0 Å². The molecule has 26 heavy (non-hydrogen) atoms. The molecule has 0 bridgehead atoms. The summed E-state index contributed by atoms with van der Waals surface area (Å²) in [6.07, 6.45) is 2.40. The summed E-state index contributed by atoms with van der Waals surface area (Å²) in [6, 6.07) is 4.08. The second-order valence-corrected chi connectivity index (χ2v) is 6.36. The SMILES string of the molecule is CCCCC(=O)OOc1ccc2c(c1)CN(C1CCC(=O)NC1=O)C2=O. The number of fused-ring (bicyclic) bond motifs is 1. The van der Waals surface area contributed by atoms with E-state index in [4.69, 9.17) is 9.78 Å². The van der Waals surface area contributed by atoms with E-state index in [9.17, 15) is 19.2 Å². The zero-order valence-corrected chi connectivity index (χ0v) is 14.4. The number of rotatable bonds is 6. The molecule has 1 unspecified atom stereocenters. The minimum atomic E-state index is -0.663. The van der Waals surface area contributed by atoms with Crippen LogP contribution in [0.5, 0.6) is 5.75 Å². The van der Waals surface area contributed by atoms with Crippen LogP contribution in [0.25, 0.3) is 0 Å². The van der Waals surface area contributed by atoms with E-state index in [1.54, 1.807) is 12.1 Å². The number of amides is 3. The van der Waals surface area contributed by atoms with Gasteiger partial charge in [0.1, 0.15) is 6.04 Å². The molecule has 3 amide bonds. The van der Waals surface area contributed by atoms with Crippen molar-refractivity contribution in [3.05, 3.63) is 29.3 Å². The Morgan fingerprint density at radius 2 is 2.12 bits per heavy atom. The lowest BCUT2D eigenvalue weighted by molar-refractivity contribution is -0.213. The van der Waals surface area contributed by atoms with E-state index in [1.165, 1.54) is 11.0 Å². The Morgan fingerprint density at radius 3 is 2.85 bits per heavy atom. The first-order chi connectivity index (χ1) is 12.5. The highest BCUT2D eigenvalue weighted by atomic mass is 17.2. The topological polar surface area (TPSA) is 102 Å². The van der Waals surface area contributed by atoms with Crippen LogP contribution in [0.3, 0.4) is 0 Å². The fraction of sp³-hybridized carbons (Fsp3) is 0.444. The fourth-order valence-electron chi connectivity index (χ4n) is 3.06. The number of nitrogens with zero attached hydrogens (tertiary/aromatic N) is 1. The molecule has 0 saturated carbocycles. The number of hydrogen-bond acceptors (Lipinski definition) is 6. The smallest absolute Gasteiger partial charge is 0.322 e. The molecule has 138 valence electrons. The van der Waals surface area contributed by atoms with Crippen LogP contribution in [0, 0.1) is 0 Å². The average molecular weight is 360 g/mol. The maximum Gasteiger partial charge on any atom is 0.355 e. The third kappa shape index (κ3) is 3.68. The van der Waals surface area contributed by atoms with Gasteiger partial charge in [-0.05, 0) is 36.6 Å². The first-order valence-corrected chi connectivity index (χ1v) is 8.64. The summed E-state index contributed by atoms with van der Waals surface area (Å²) in [4.78, 5) is 58.6. The highest BCUT2D eigenvalue weighted by molar-refractivity contribution is 6.05. The molecule has 1 aromatic rings. The zero-order valence-electron chi connectivity index (χ0n) is 14.4. The van der Waals surface area contributed by atoms with Crippen molar-refractivity contribution < 1.29 is 29.0 Å². The number of imide groups is 1. The Morgan fingerprint density at radius 1 is 1.31 bits per heavy atom. The summed E-state index contributed by atoms with van der Waals surface area (Å²) >= 11 is 0. The molecular formula is C18H20N2O6. The van der Waals surface area contributed by atoms with Crippen molar-refractivity contribution in [2.45, 2.75) is 51.6 Å². The summed E-state index contributed by atoms with van der Waals surface area (Å²) < 4.78 is 0. The van der Waals surface area contributed by atoms with Crippen molar-refractivity contribution in [1.29, 1.82) is 0 Å². The predicted molar refractivity (Wildman–Crippen MR) is 88.7 cm³/mol. The molecule has 2 aliphatic heterocycles. The van der Waals surface area contributed by atoms with E-state index in [2.05, 4.69) is 5.32 Å². The number of unbranched alkanes of at least 4 members (excludes halogenated alkanes) is 1. The molecular weight excluding hydrogens is 340 g/mol. The number of piperidine rings is 1. The van der Waals surface area contributed by atoms with E-state index in [0.29, 0.717) is 23.3 Å². The van der Waals surface area contributed by atoms with Crippen molar-refractivity contribution in [3.63, 3.8) is 0 Å². The second kappa shape index (κ2) is 7.55. The van der Waals surface area contributed by atoms with Gasteiger partial charge in [-0.2, -0.15) is 0 Å². The number of carbonyl (C=O) groups excluding carboxylic acids is 4. The molecule has 1 fully saturated rings. The normalized spacial score (nSPS) is 19.2. The van der Waals surface area contributed by atoms with Crippen LogP contribution >= 0.6 is 0 Å². The summed E-state index contributed by atoms with van der Waals surface area (Å²) in [5.74, 6) is -1.18. The Hall–Kier alpha value is -2.90. The lowest BCUT2D eigenvalue weighted by atomic mass is 10.0. The average Bonchev–Trinajstić information content (AvgIpc) is 2.94. The lowest BCUT2D eigenvalue weighted by Crippen LogP contribution is -2.52. The van der Waals surface area contributed by atoms with Gasteiger partial charge >= 0.3 is 5.97 Å². The highest BCUT2D eigenvalue weighted by Gasteiger charge is 2.39. The van der Waals surface area contributed by atoms with Crippen LogP contribution in [0.1, 0.15) is 54.9 Å². The minimum Gasteiger partial charge on any atom is -0.322 e. The van der Waals surface area contributed by atoms with Gasteiger partial charge in [0.05, 0.1) is 6.42 Å². The highest BCUT2D eigenvalue weighted by Crippen LogP contribution is 2.30. The number of carbonyl (C=O) groups is 4. The van der Waals surface area contributed by atoms with Gasteiger partial charge in [-0.1, -0.05) is 13.3 Å². The van der Waals surface area contributed by atoms with E-state index in [1.807, 2.05) is 6.92 Å². The maximum absolute atomic E-state index is 12.6. The van der Waals surface area contributed by atoms with Gasteiger partial charge < -0.3 is 4.90 Å². The molecule has 2 heterocycles. The van der Waals surface area contributed by atoms with E-state index in [-0.39, 0.29) is 31.2 Å². The Labute approximate surface area is 150 Å². The lowest BCUT2D eigenvalue weighted by Gasteiger charge is -2.29. The summed E-state index contributed by atoms with van der Waals surface area (Å²) in [6.45, 7) is 2.21. The third-order valence-electron chi connectivity index (χ3n) is 4.46. The van der Waals surface area contributed by atoms with Crippen LogP contribution in [-0.2, 0) is 25.8 Å². The number of nitrogens with one attached hydrogen (secondary N) is 1. The molecule has 2 aliphatic rings. The molecule has 1 N–H and O–H groups in total. The molecule has 0 aliphatic carbocycles. The fourth-order valence-corrected chi connectivity index (χ4v) is 3.06. The van der Waals surface area contributed by atoms with E-state index >= 15 is 0 Å². The molecule has 8 heteroatoms. The zero-order chi connectivity index (χ0) is 18.7. The molecule has 1 atom stereocenters. The monoisotopic (exact) mass is 360 g/mol. The molecule has 0 radical (unpaired) electrons. The van der Waals surface area contributed by atoms with E-state index in [0.717, 1.165) is 12.8 Å². The third-order valence-corrected chi connectivity index (χ3v) is 4.46. The van der Waals surface area contributed by atoms with Crippen molar-refractivity contribution >= 4 is 23.7 Å². The summed E-state index contributed by atoms with van der Waals surface area (Å²) in [7, 11) is 0. The maximum atomic E-state index is 12.6. The number of benzene rings is 1. The van der Waals surface area contributed by atoms with Crippen LogP contribution in [0.15, 0.2) is 18.2 Å². The first-order valence-electron chi connectivity index (χ1n) is 8.64. The second-order valence-electron chi connectivity index (χ2n) is 6.36. The van der Waals surface area contributed by atoms with Crippen molar-refractivity contribution in [1.82, 2.24) is 10.2 Å². The van der Waals surface area contributed by atoms with Gasteiger partial charge in [0.15, 0.2) is 5.75 Å². The minimum absolute atomic E-state index is 0.207. The Kier molecular flexibility index (Phi) is 5.20. The molecule has 0 spiro atoms. The number of hydrogen-bond donors (Lipinski definition) is 1. The van der Waals surface area contributed by atoms with Crippen LogP contribution < -0.4 is 10.2 Å². The van der Waals surface area contributed by atoms with Gasteiger partial charge in [0.2, 0.25) is 11.8 Å². The van der Waals surface area contributed by atoms with Crippen LogP contribution in [-0.4, -0.2) is 34.6 Å². The molecule has 0 aromatic heterocycles. The Balaban J connectivity index is 1.65. The van der Waals surface area contributed by atoms with Gasteiger partial charge in [0.25, 0.3) is 5.91 Å². The molecule has 1 saturated heterocycles.